The van der Waals surface area contributed by atoms with Crippen LogP contribution in [0.5, 0.6) is 0 Å². The van der Waals surface area contributed by atoms with Gasteiger partial charge in [-0.25, -0.2) is 13.2 Å². The normalized spacial score (nSPS) is 31.7. The summed E-state index contributed by atoms with van der Waals surface area (Å²) < 4.78 is 44.8. The van der Waals surface area contributed by atoms with Crippen LogP contribution in [0.2, 0.25) is 0 Å². The second-order valence-corrected chi connectivity index (χ2v) is 7.84. The van der Waals surface area contributed by atoms with Gasteiger partial charge in [-0.3, -0.25) is 9.59 Å². The highest BCUT2D eigenvalue weighted by molar-refractivity contribution is 5.93. The molecule has 1 amide bonds. The first-order chi connectivity index (χ1) is 12.4. The molecule has 1 aromatic carbocycles. The maximum Gasteiger partial charge on any atom is 0.310 e. The van der Waals surface area contributed by atoms with E-state index >= 15 is 0 Å². The number of halogens is 3. The van der Waals surface area contributed by atoms with Gasteiger partial charge in [0.1, 0.15) is 0 Å². The zero-order valence-corrected chi connectivity index (χ0v) is 14.1. The second-order valence-electron chi connectivity index (χ2n) is 7.84. The Morgan fingerprint density at radius 1 is 0.962 bits per heavy atom. The fourth-order valence-electron chi connectivity index (χ4n) is 5.35. The molecule has 0 spiro atoms. The molecule has 7 heteroatoms. The van der Waals surface area contributed by atoms with Crippen LogP contribution in [0.1, 0.15) is 32.1 Å². The third-order valence-corrected chi connectivity index (χ3v) is 6.15. The minimum Gasteiger partial charge on any atom is -0.455 e. The van der Waals surface area contributed by atoms with E-state index in [1.165, 1.54) is 6.42 Å². The molecule has 0 unspecified atom stereocenters. The zero-order chi connectivity index (χ0) is 18.4. The summed E-state index contributed by atoms with van der Waals surface area (Å²) in [5.74, 6) is -3.67. The summed E-state index contributed by atoms with van der Waals surface area (Å²) in [6.45, 7) is -0.569. The van der Waals surface area contributed by atoms with E-state index in [9.17, 15) is 22.8 Å². The molecule has 4 saturated carbocycles. The lowest BCUT2D eigenvalue weighted by molar-refractivity contribution is -0.164. The van der Waals surface area contributed by atoms with Crippen LogP contribution < -0.4 is 5.32 Å². The molecule has 0 atom stereocenters. The van der Waals surface area contributed by atoms with Crippen molar-refractivity contribution in [3.8, 4) is 0 Å². The van der Waals surface area contributed by atoms with Crippen molar-refractivity contribution in [1.82, 2.24) is 0 Å². The van der Waals surface area contributed by atoms with Gasteiger partial charge in [-0.05, 0) is 67.9 Å². The maximum absolute atomic E-state index is 13.6. The van der Waals surface area contributed by atoms with Crippen molar-refractivity contribution < 1.29 is 27.5 Å². The number of rotatable bonds is 4. The third-order valence-electron chi connectivity index (χ3n) is 6.15. The molecule has 26 heavy (non-hydrogen) atoms. The van der Waals surface area contributed by atoms with Crippen LogP contribution in [0.15, 0.2) is 12.1 Å². The van der Waals surface area contributed by atoms with E-state index in [0.717, 1.165) is 43.6 Å². The van der Waals surface area contributed by atoms with E-state index in [0.29, 0.717) is 17.9 Å². The molecule has 4 bridgehead atoms. The molecule has 4 aliphatic rings. The summed E-state index contributed by atoms with van der Waals surface area (Å²) in [6, 6.07) is 1.64. The van der Waals surface area contributed by atoms with Crippen molar-refractivity contribution in [1.29, 1.82) is 0 Å². The van der Waals surface area contributed by atoms with Crippen LogP contribution in [0, 0.1) is 47.0 Å². The lowest BCUT2D eigenvalue weighted by atomic mass is 9.52. The molecular formula is C19H20F3NO3. The fourth-order valence-corrected chi connectivity index (χ4v) is 5.35. The first-order valence-corrected chi connectivity index (χ1v) is 9.02. The first kappa shape index (κ1) is 17.4. The van der Waals surface area contributed by atoms with Crippen molar-refractivity contribution in [2.24, 2.45) is 29.6 Å². The van der Waals surface area contributed by atoms with Crippen LogP contribution in [0.25, 0.3) is 0 Å². The van der Waals surface area contributed by atoms with Gasteiger partial charge in [-0.2, -0.15) is 0 Å². The van der Waals surface area contributed by atoms with Gasteiger partial charge in [-0.15, -0.1) is 0 Å². The molecular weight excluding hydrogens is 347 g/mol. The summed E-state index contributed by atoms with van der Waals surface area (Å²) in [5, 5.41) is 2.10. The second kappa shape index (κ2) is 6.59. The number of carbonyl (C=O) groups is 2. The highest BCUT2D eigenvalue weighted by Crippen LogP contribution is 2.56. The molecule has 0 saturated heterocycles. The third kappa shape index (κ3) is 3.08. The Morgan fingerprint density at radius 3 is 2.19 bits per heavy atom. The van der Waals surface area contributed by atoms with E-state index in [1.54, 1.807) is 0 Å². The number of esters is 1. The number of benzene rings is 1. The Hall–Kier alpha value is -2.05. The largest absolute Gasteiger partial charge is 0.455 e. The average Bonchev–Trinajstić information content (AvgIpc) is 2.59. The smallest absolute Gasteiger partial charge is 0.310 e. The Labute approximate surface area is 149 Å². The number of carbonyl (C=O) groups excluding carboxylic acids is 2. The Morgan fingerprint density at radius 2 is 1.58 bits per heavy atom. The lowest BCUT2D eigenvalue weighted by Crippen LogP contribution is -2.48. The van der Waals surface area contributed by atoms with Crippen molar-refractivity contribution in [2.45, 2.75) is 32.1 Å². The van der Waals surface area contributed by atoms with Crippen molar-refractivity contribution in [3.05, 3.63) is 29.6 Å². The van der Waals surface area contributed by atoms with Crippen LogP contribution in [-0.4, -0.2) is 18.5 Å². The Balaban J connectivity index is 1.33. The first-order valence-electron chi connectivity index (χ1n) is 9.02. The monoisotopic (exact) mass is 367 g/mol. The molecule has 1 N–H and O–H groups in total. The Bertz CT molecular complexity index is 724. The van der Waals surface area contributed by atoms with E-state index in [1.807, 2.05) is 0 Å². The number of amides is 1. The maximum atomic E-state index is 13.6. The number of hydrogen-bond donors (Lipinski definition) is 1. The zero-order valence-electron chi connectivity index (χ0n) is 14.1. The van der Waals surface area contributed by atoms with Crippen molar-refractivity contribution in [2.75, 3.05) is 11.9 Å². The predicted molar refractivity (Wildman–Crippen MR) is 86.4 cm³/mol. The fraction of sp³-hybridized carbons (Fsp3) is 0.579. The minimum atomic E-state index is -1.66. The van der Waals surface area contributed by atoms with Gasteiger partial charge in [-0.1, -0.05) is 0 Å². The van der Waals surface area contributed by atoms with E-state index in [-0.39, 0.29) is 11.9 Å². The number of hydrogen-bond acceptors (Lipinski definition) is 3. The van der Waals surface area contributed by atoms with Crippen molar-refractivity contribution >= 4 is 17.6 Å². The molecule has 0 heterocycles. The lowest BCUT2D eigenvalue weighted by Gasteiger charge is -2.53. The summed E-state index contributed by atoms with van der Waals surface area (Å²) in [6.07, 6.45) is 5.49. The van der Waals surface area contributed by atoms with Gasteiger partial charge < -0.3 is 10.1 Å². The van der Waals surface area contributed by atoms with E-state index in [2.05, 4.69) is 5.32 Å². The van der Waals surface area contributed by atoms with Crippen molar-refractivity contribution in [3.63, 3.8) is 0 Å². The topological polar surface area (TPSA) is 55.4 Å². The van der Waals surface area contributed by atoms with Gasteiger partial charge >= 0.3 is 5.97 Å². The highest BCUT2D eigenvalue weighted by Gasteiger charge is 2.51. The molecule has 0 aliphatic heterocycles. The minimum absolute atomic E-state index is 0.157. The number of nitrogens with one attached hydrogen (secondary N) is 1. The molecule has 140 valence electrons. The van der Waals surface area contributed by atoms with Crippen LogP contribution >= 0.6 is 0 Å². The quantitative estimate of drug-likeness (QED) is 0.653. The van der Waals surface area contributed by atoms with Gasteiger partial charge in [0, 0.05) is 0 Å². The average molecular weight is 367 g/mol. The van der Waals surface area contributed by atoms with E-state index < -0.39 is 35.7 Å². The molecule has 0 aromatic heterocycles. The molecule has 0 radical (unpaired) electrons. The van der Waals surface area contributed by atoms with Gasteiger partial charge in [0.15, 0.2) is 24.1 Å². The number of ether oxygens (including phenoxy) is 1. The van der Waals surface area contributed by atoms with Crippen LogP contribution in [-0.2, 0) is 14.3 Å². The number of anilines is 1. The Kier molecular flexibility index (Phi) is 4.40. The summed E-state index contributed by atoms with van der Waals surface area (Å²) in [5.41, 5.74) is -0.487. The standard InChI is InChI=1S/C19H20F3NO3/c20-13-1-2-14(18(22)17(13)21)23-15(24)8-26-19(25)16-11-4-9-3-10(6-11)7-12(16)5-9/h1-2,9-12,16H,3-8H2,(H,23,24). The summed E-state index contributed by atoms with van der Waals surface area (Å²) in [4.78, 5) is 24.4. The predicted octanol–water partition coefficient (Wildman–Crippen LogP) is 3.66. The summed E-state index contributed by atoms with van der Waals surface area (Å²) in [7, 11) is 0. The molecule has 4 nitrogen and oxygen atoms in total. The molecule has 5 rings (SSSR count). The molecule has 4 aliphatic carbocycles. The molecule has 1 aromatic rings. The molecule has 4 fully saturated rings. The van der Waals surface area contributed by atoms with Crippen LogP contribution in [0.4, 0.5) is 18.9 Å². The van der Waals surface area contributed by atoms with Gasteiger partial charge in [0.05, 0.1) is 11.6 Å². The van der Waals surface area contributed by atoms with Crippen LogP contribution in [0.3, 0.4) is 0 Å². The summed E-state index contributed by atoms with van der Waals surface area (Å²) >= 11 is 0. The SMILES string of the molecule is O=C(COC(=O)C1C2CC3CC(C2)CC1C3)Nc1ccc(F)c(F)c1F. The van der Waals surface area contributed by atoms with Gasteiger partial charge in [0.2, 0.25) is 0 Å². The van der Waals surface area contributed by atoms with Gasteiger partial charge in [0.25, 0.3) is 5.91 Å². The highest BCUT2D eigenvalue weighted by atomic mass is 19.2. The van der Waals surface area contributed by atoms with E-state index in [4.69, 9.17) is 4.74 Å².